The summed E-state index contributed by atoms with van der Waals surface area (Å²) in [6.45, 7) is 8.04. The zero-order valence-corrected chi connectivity index (χ0v) is 12.4. The zero-order valence-electron chi connectivity index (χ0n) is 9.96. The highest BCUT2D eigenvalue weighted by molar-refractivity contribution is 9.10. The Balaban J connectivity index is 1.94. The average Bonchev–Trinajstić information content (AvgIpc) is 2.62. The molecule has 0 aliphatic carbocycles. The molecule has 1 rings (SSSR count). The van der Waals surface area contributed by atoms with E-state index < -0.39 is 0 Å². The van der Waals surface area contributed by atoms with E-state index in [1.807, 2.05) is 0 Å². The number of hydrogen-bond acceptors (Lipinski definition) is 3. The highest BCUT2D eigenvalue weighted by Gasteiger charge is 1.99. The molecule has 0 fully saturated rings. The molecule has 2 nitrogen and oxygen atoms in total. The van der Waals surface area contributed by atoms with Crippen LogP contribution in [0.5, 0.6) is 0 Å². The van der Waals surface area contributed by atoms with Crippen molar-refractivity contribution in [3.63, 3.8) is 0 Å². The van der Waals surface area contributed by atoms with E-state index in [2.05, 4.69) is 46.5 Å². The number of nitrogens with one attached hydrogen (secondary N) is 1. The summed E-state index contributed by atoms with van der Waals surface area (Å²) in [4.78, 5) is 1.36. The molecule has 0 spiro atoms. The quantitative estimate of drug-likeness (QED) is 0.740. The van der Waals surface area contributed by atoms with Crippen LogP contribution >= 0.6 is 27.3 Å². The van der Waals surface area contributed by atoms with Gasteiger partial charge in [-0.2, -0.15) is 0 Å². The monoisotopic (exact) mass is 305 g/mol. The fourth-order valence-electron chi connectivity index (χ4n) is 1.27. The molecule has 0 amide bonds. The molecule has 0 saturated carbocycles. The summed E-state index contributed by atoms with van der Waals surface area (Å²) in [6, 6.07) is 2.09. The number of hydrogen-bond donors (Lipinski definition) is 1. The molecular weight excluding hydrogens is 286 g/mol. The molecule has 16 heavy (non-hydrogen) atoms. The first kappa shape index (κ1) is 14.2. The molecule has 92 valence electrons. The zero-order chi connectivity index (χ0) is 11.8. The lowest BCUT2D eigenvalue weighted by Crippen LogP contribution is -2.16. The van der Waals surface area contributed by atoms with Crippen LogP contribution < -0.4 is 5.32 Å². The summed E-state index contributed by atoms with van der Waals surface area (Å²) in [5.74, 6) is 0.634. The molecule has 0 radical (unpaired) electrons. The SMILES string of the molecule is CC(C)COCCCNCc1sccc1Br. The van der Waals surface area contributed by atoms with Gasteiger partial charge < -0.3 is 10.1 Å². The van der Waals surface area contributed by atoms with Crippen LogP contribution in [0.2, 0.25) is 0 Å². The smallest absolute Gasteiger partial charge is 0.0489 e. The topological polar surface area (TPSA) is 21.3 Å². The highest BCUT2D eigenvalue weighted by atomic mass is 79.9. The third kappa shape index (κ3) is 5.99. The Kier molecular flexibility index (Phi) is 7.28. The molecule has 1 aromatic rings. The Morgan fingerprint density at radius 2 is 2.31 bits per heavy atom. The summed E-state index contributed by atoms with van der Waals surface area (Å²) < 4.78 is 6.72. The van der Waals surface area contributed by atoms with Gasteiger partial charge in [0.05, 0.1) is 0 Å². The summed E-state index contributed by atoms with van der Waals surface area (Å²) in [7, 11) is 0. The molecule has 0 atom stereocenters. The van der Waals surface area contributed by atoms with Crippen molar-refractivity contribution >= 4 is 27.3 Å². The molecule has 0 aliphatic heterocycles. The molecule has 0 aromatic carbocycles. The minimum Gasteiger partial charge on any atom is -0.381 e. The van der Waals surface area contributed by atoms with Gasteiger partial charge >= 0.3 is 0 Å². The Morgan fingerprint density at radius 3 is 2.94 bits per heavy atom. The van der Waals surface area contributed by atoms with Crippen LogP contribution in [-0.2, 0) is 11.3 Å². The van der Waals surface area contributed by atoms with Gasteiger partial charge in [0.15, 0.2) is 0 Å². The summed E-state index contributed by atoms with van der Waals surface area (Å²) >= 11 is 5.30. The molecule has 0 bridgehead atoms. The Labute approximate surface area is 111 Å². The normalized spacial score (nSPS) is 11.2. The molecule has 0 saturated heterocycles. The summed E-state index contributed by atoms with van der Waals surface area (Å²) in [5.41, 5.74) is 0. The molecule has 4 heteroatoms. The molecular formula is C12H20BrNOS. The second-order valence-corrected chi connectivity index (χ2v) is 6.05. The Morgan fingerprint density at radius 1 is 1.50 bits per heavy atom. The van der Waals surface area contributed by atoms with Gasteiger partial charge in [-0.1, -0.05) is 13.8 Å². The number of ether oxygens (including phenoxy) is 1. The van der Waals surface area contributed by atoms with Crippen LogP contribution in [0.25, 0.3) is 0 Å². The van der Waals surface area contributed by atoms with Gasteiger partial charge in [-0.25, -0.2) is 0 Å². The standard InChI is InChI=1S/C12H20BrNOS/c1-10(2)9-15-6-3-5-14-8-12-11(13)4-7-16-12/h4,7,10,14H,3,5-6,8-9H2,1-2H3. The van der Waals surface area contributed by atoms with E-state index in [4.69, 9.17) is 4.74 Å². The van der Waals surface area contributed by atoms with E-state index in [9.17, 15) is 0 Å². The van der Waals surface area contributed by atoms with Crippen molar-refractivity contribution in [2.75, 3.05) is 19.8 Å². The summed E-state index contributed by atoms with van der Waals surface area (Å²) in [5, 5.41) is 5.52. The third-order valence-electron chi connectivity index (χ3n) is 2.07. The van der Waals surface area contributed by atoms with Gasteiger partial charge in [0, 0.05) is 29.1 Å². The minimum absolute atomic E-state index is 0.634. The number of rotatable bonds is 8. The van der Waals surface area contributed by atoms with E-state index in [0.717, 1.165) is 32.7 Å². The van der Waals surface area contributed by atoms with Gasteiger partial charge in [0.25, 0.3) is 0 Å². The van der Waals surface area contributed by atoms with Gasteiger partial charge in [-0.05, 0) is 46.3 Å². The van der Waals surface area contributed by atoms with Crippen LogP contribution in [0.4, 0.5) is 0 Å². The lowest BCUT2D eigenvalue weighted by Gasteiger charge is -2.07. The van der Waals surface area contributed by atoms with Crippen molar-refractivity contribution in [3.8, 4) is 0 Å². The molecule has 1 N–H and O–H groups in total. The highest BCUT2D eigenvalue weighted by Crippen LogP contribution is 2.21. The van der Waals surface area contributed by atoms with Crippen molar-refractivity contribution in [2.45, 2.75) is 26.8 Å². The predicted molar refractivity (Wildman–Crippen MR) is 74.0 cm³/mol. The Bertz CT molecular complexity index is 288. The molecule has 1 heterocycles. The summed E-state index contributed by atoms with van der Waals surface area (Å²) in [6.07, 6.45) is 1.08. The average molecular weight is 306 g/mol. The largest absolute Gasteiger partial charge is 0.381 e. The van der Waals surface area contributed by atoms with Crippen molar-refractivity contribution in [1.29, 1.82) is 0 Å². The molecule has 0 aliphatic rings. The third-order valence-corrected chi connectivity index (χ3v) is 4.00. The fraction of sp³-hybridized carbons (Fsp3) is 0.667. The van der Waals surface area contributed by atoms with Crippen molar-refractivity contribution in [3.05, 3.63) is 20.8 Å². The first-order valence-corrected chi connectivity index (χ1v) is 7.37. The van der Waals surface area contributed by atoms with E-state index in [1.165, 1.54) is 9.35 Å². The minimum atomic E-state index is 0.634. The van der Waals surface area contributed by atoms with Crippen molar-refractivity contribution in [2.24, 2.45) is 5.92 Å². The van der Waals surface area contributed by atoms with Crippen LogP contribution in [0.15, 0.2) is 15.9 Å². The van der Waals surface area contributed by atoms with E-state index in [1.54, 1.807) is 11.3 Å². The maximum atomic E-state index is 5.51. The first-order chi connectivity index (χ1) is 7.70. The van der Waals surface area contributed by atoms with E-state index >= 15 is 0 Å². The van der Waals surface area contributed by atoms with Crippen LogP contribution in [0.3, 0.4) is 0 Å². The van der Waals surface area contributed by atoms with E-state index in [0.29, 0.717) is 5.92 Å². The number of thiophene rings is 1. The first-order valence-electron chi connectivity index (χ1n) is 5.70. The van der Waals surface area contributed by atoms with Gasteiger partial charge in [0.2, 0.25) is 0 Å². The van der Waals surface area contributed by atoms with Crippen LogP contribution in [0, 0.1) is 5.92 Å². The van der Waals surface area contributed by atoms with Crippen LogP contribution in [0.1, 0.15) is 25.1 Å². The maximum absolute atomic E-state index is 5.51. The fourth-order valence-corrected chi connectivity index (χ4v) is 2.73. The predicted octanol–water partition coefficient (Wildman–Crippen LogP) is 3.66. The van der Waals surface area contributed by atoms with Crippen molar-refractivity contribution in [1.82, 2.24) is 5.32 Å². The Hall–Kier alpha value is 0.100. The van der Waals surface area contributed by atoms with E-state index in [-0.39, 0.29) is 0 Å². The second kappa shape index (κ2) is 8.23. The van der Waals surface area contributed by atoms with Crippen molar-refractivity contribution < 1.29 is 4.74 Å². The maximum Gasteiger partial charge on any atom is 0.0489 e. The lowest BCUT2D eigenvalue weighted by atomic mass is 10.2. The van der Waals surface area contributed by atoms with Gasteiger partial charge in [0.1, 0.15) is 0 Å². The molecule has 1 aromatic heterocycles. The van der Waals surface area contributed by atoms with Gasteiger partial charge in [-0.3, -0.25) is 0 Å². The second-order valence-electron chi connectivity index (χ2n) is 4.19. The molecule has 0 unspecified atom stereocenters. The number of halogens is 1. The van der Waals surface area contributed by atoms with Gasteiger partial charge in [-0.15, -0.1) is 11.3 Å². The van der Waals surface area contributed by atoms with Crippen LogP contribution in [-0.4, -0.2) is 19.8 Å². The lowest BCUT2D eigenvalue weighted by molar-refractivity contribution is 0.108.